The third-order valence-corrected chi connectivity index (χ3v) is 3.66. The molecule has 4 nitrogen and oxygen atoms in total. The van der Waals surface area contributed by atoms with E-state index in [0.29, 0.717) is 6.54 Å². The fourth-order valence-electron chi connectivity index (χ4n) is 2.48. The summed E-state index contributed by atoms with van der Waals surface area (Å²) < 4.78 is 5.43. The van der Waals surface area contributed by atoms with E-state index in [2.05, 4.69) is 39.1 Å². The van der Waals surface area contributed by atoms with Crippen molar-refractivity contribution in [2.75, 3.05) is 13.7 Å². The largest absolute Gasteiger partial charge is 0.496 e. The lowest BCUT2D eigenvalue weighted by Crippen LogP contribution is -2.39. The molecule has 0 aliphatic heterocycles. The Morgan fingerprint density at radius 3 is 2.37 bits per heavy atom. The molecule has 0 heterocycles. The van der Waals surface area contributed by atoms with Gasteiger partial charge in [-0.1, -0.05) is 19.9 Å². The van der Waals surface area contributed by atoms with Crippen molar-refractivity contribution in [1.29, 1.82) is 0 Å². The summed E-state index contributed by atoms with van der Waals surface area (Å²) in [5.41, 5.74) is 9.62. The first kappa shape index (κ1) is 15.3. The summed E-state index contributed by atoms with van der Waals surface area (Å²) in [5.74, 6) is 0.930. The normalized spacial score (nSPS) is 11.3. The first-order valence-corrected chi connectivity index (χ1v) is 6.39. The van der Waals surface area contributed by atoms with E-state index in [9.17, 15) is 4.79 Å². The number of carbonyl (C=O) groups excluding carboxylic acids is 1. The fourth-order valence-corrected chi connectivity index (χ4v) is 2.48. The second-order valence-electron chi connectivity index (χ2n) is 5.63. The standard InChI is InChI=1S/C15H24N2O2/c1-9-7-12(10(2)11(3)13(9)19-6)15(4,5)8-17-14(16)18/h7H,8H2,1-6H3,(H3,16,17,18). The highest BCUT2D eigenvalue weighted by molar-refractivity contribution is 5.71. The smallest absolute Gasteiger partial charge is 0.312 e. The lowest BCUT2D eigenvalue weighted by atomic mass is 9.79. The van der Waals surface area contributed by atoms with Crippen LogP contribution in [0.3, 0.4) is 0 Å². The van der Waals surface area contributed by atoms with Gasteiger partial charge in [0.15, 0.2) is 0 Å². The Morgan fingerprint density at radius 1 is 1.32 bits per heavy atom. The molecule has 0 bridgehead atoms. The molecule has 1 rings (SSSR count). The van der Waals surface area contributed by atoms with Crippen LogP contribution in [-0.4, -0.2) is 19.7 Å². The number of rotatable bonds is 4. The molecular formula is C15H24N2O2. The van der Waals surface area contributed by atoms with Gasteiger partial charge in [0.05, 0.1) is 7.11 Å². The summed E-state index contributed by atoms with van der Waals surface area (Å²) in [7, 11) is 1.69. The van der Waals surface area contributed by atoms with Gasteiger partial charge in [-0.2, -0.15) is 0 Å². The zero-order valence-electron chi connectivity index (χ0n) is 12.7. The summed E-state index contributed by atoms with van der Waals surface area (Å²) >= 11 is 0. The predicted molar refractivity (Wildman–Crippen MR) is 77.8 cm³/mol. The van der Waals surface area contributed by atoms with Crippen molar-refractivity contribution in [1.82, 2.24) is 5.32 Å². The zero-order valence-corrected chi connectivity index (χ0v) is 12.7. The van der Waals surface area contributed by atoms with Crippen LogP contribution < -0.4 is 15.8 Å². The minimum absolute atomic E-state index is 0.180. The van der Waals surface area contributed by atoms with Gasteiger partial charge in [-0.15, -0.1) is 0 Å². The maximum atomic E-state index is 10.9. The molecule has 1 aromatic carbocycles. The molecule has 3 N–H and O–H groups in total. The summed E-state index contributed by atoms with van der Waals surface area (Å²) in [6.07, 6.45) is 0. The quantitative estimate of drug-likeness (QED) is 0.877. The maximum Gasteiger partial charge on any atom is 0.312 e. The van der Waals surface area contributed by atoms with Crippen molar-refractivity contribution in [3.05, 3.63) is 28.3 Å². The summed E-state index contributed by atoms with van der Waals surface area (Å²) in [4.78, 5) is 10.9. The number of hydrogen-bond donors (Lipinski definition) is 2. The van der Waals surface area contributed by atoms with Crippen LogP contribution in [-0.2, 0) is 5.41 Å². The van der Waals surface area contributed by atoms with Crippen LogP contribution in [0.1, 0.15) is 36.1 Å². The first-order valence-electron chi connectivity index (χ1n) is 6.39. The lowest BCUT2D eigenvalue weighted by molar-refractivity contribution is 0.246. The Kier molecular flexibility index (Phi) is 4.45. The van der Waals surface area contributed by atoms with E-state index in [1.165, 1.54) is 11.1 Å². The number of urea groups is 1. The van der Waals surface area contributed by atoms with Crippen molar-refractivity contribution < 1.29 is 9.53 Å². The first-order chi connectivity index (χ1) is 8.70. The molecule has 0 saturated heterocycles. The highest BCUT2D eigenvalue weighted by Gasteiger charge is 2.25. The number of methoxy groups -OCH3 is 1. The van der Waals surface area contributed by atoms with Crippen molar-refractivity contribution in [3.63, 3.8) is 0 Å². The van der Waals surface area contributed by atoms with E-state index in [-0.39, 0.29) is 5.41 Å². The molecule has 0 spiro atoms. The average Bonchev–Trinajstić information content (AvgIpc) is 2.32. The molecule has 0 radical (unpaired) electrons. The number of ether oxygens (including phenoxy) is 1. The molecule has 0 aliphatic carbocycles. The van der Waals surface area contributed by atoms with Crippen molar-refractivity contribution >= 4 is 6.03 Å². The molecule has 0 saturated carbocycles. The van der Waals surface area contributed by atoms with Crippen LogP contribution in [0.15, 0.2) is 6.07 Å². The molecule has 106 valence electrons. The van der Waals surface area contributed by atoms with Gasteiger partial charge in [0.25, 0.3) is 0 Å². The van der Waals surface area contributed by atoms with Crippen LogP contribution >= 0.6 is 0 Å². The Labute approximate surface area is 115 Å². The number of benzene rings is 1. The summed E-state index contributed by atoms with van der Waals surface area (Å²) in [5, 5.41) is 2.69. The molecule has 1 aromatic rings. The number of primary amides is 1. The van der Waals surface area contributed by atoms with E-state index in [1.54, 1.807) is 7.11 Å². The number of nitrogens with one attached hydrogen (secondary N) is 1. The fraction of sp³-hybridized carbons (Fsp3) is 0.533. The van der Waals surface area contributed by atoms with E-state index in [0.717, 1.165) is 16.9 Å². The SMILES string of the molecule is COc1c(C)cc(C(C)(C)CNC(N)=O)c(C)c1C. The van der Waals surface area contributed by atoms with Crippen molar-refractivity contribution in [3.8, 4) is 5.75 Å². The Morgan fingerprint density at radius 2 is 1.89 bits per heavy atom. The Balaban J connectivity index is 3.23. The summed E-state index contributed by atoms with van der Waals surface area (Å²) in [6, 6.07) is 1.64. The number of nitrogens with two attached hydrogens (primary N) is 1. The second-order valence-corrected chi connectivity index (χ2v) is 5.63. The van der Waals surface area contributed by atoms with E-state index >= 15 is 0 Å². The maximum absolute atomic E-state index is 10.9. The number of carbonyl (C=O) groups is 1. The second kappa shape index (κ2) is 5.51. The average molecular weight is 264 g/mol. The minimum atomic E-state index is -0.493. The third kappa shape index (κ3) is 3.19. The van der Waals surface area contributed by atoms with Crippen LogP contribution in [0, 0.1) is 20.8 Å². The van der Waals surface area contributed by atoms with Crippen LogP contribution in [0.25, 0.3) is 0 Å². The molecule has 0 atom stereocenters. The van der Waals surface area contributed by atoms with Crippen molar-refractivity contribution in [2.45, 2.75) is 40.0 Å². The molecule has 0 fully saturated rings. The highest BCUT2D eigenvalue weighted by atomic mass is 16.5. The van der Waals surface area contributed by atoms with Gasteiger partial charge >= 0.3 is 6.03 Å². The molecule has 0 aromatic heterocycles. The van der Waals surface area contributed by atoms with Gasteiger partial charge in [-0.25, -0.2) is 4.79 Å². The van der Waals surface area contributed by atoms with Gasteiger partial charge in [0.1, 0.15) is 5.75 Å². The van der Waals surface area contributed by atoms with Gasteiger partial charge < -0.3 is 15.8 Å². The van der Waals surface area contributed by atoms with Crippen LogP contribution in [0.4, 0.5) is 4.79 Å². The van der Waals surface area contributed by atoms with Gasteiger partial charge in [0, 0.05) is 12.0 Å². The summed E-state index contributed by atoms with van der Waals surface area (Å²) in [6.45, 7) is 10.9. The molecule has 0 aliphatic rings. The monoisotopic (exact) mass is 264 g/mol. The van der Waals surface area contributed by atoms with E-state index in [1.807, 2.05) is 6.92 Å². The van der Waals surface area contributed by atoms with E-state index in [4.69, 9.17) is 10.5 Å². The predicted octanol–water partition coefficient (Wildman–Crippen LogP) is 2.57. The van der Waals surface area contributed by atoms with Crippen LogP contribution in [0.2, 0.25) is 0 Å². The Hall–Kier alpha value is -1.71. The number of amides is 2. The van der Waals surface area contributed by atoms with Crippen molar-refractivity contribution in [2.24, 2.45) is 5.73 Å². The topological polar surface area (TPSA) is 64.3 Å². The highest BCUT2D eigenvalue weighted by Crippen LogP contribution is 2.34. The molecule has 0 unspecified atom stereocenters. The van der Waals surface area contributed by atoms with E-state index < -0.39 is 6.03 Å². The van der Waals surface area contributed by atoms with Crippen LogP contribution in [0.5, 0.6) is 5.75 Å². The minimum Gasteiger partial charge on any atom is -0.496 e. The van der Waals surface area contributed by atoms with Gasteiger partial charge in [-0.3, -0.25) is 0 Å². The zero-order chi connectivity index (χ0) is 14.8. The Bertz CT molecular complexity index is 493. The molecule has 19 heavy (non-hydrogen) atoms. The lowest BCUT2D eigenvalue weighted by Gasteiger charge is -2.29. The number of aryl methyl sites for hydroxylation is 1. The van der Waals surface area contributed by atoms with Gasteiger partial charge in [-0.05, 0) is 43.0 Å². The molecule has 2 amide bonds. The number of hydrogen-bond acceptors (Lipinski definition) is 2. The molecule has 4 heteroatoms. The third-order valence-electron chi connectivity index (χ3n) is 3.66. The van der Waals surface area contributed by atoms with Gasteiger partial charge in [0.2, 0.25) is 0 Å². The molecular weight excluding hydrogens is 240 g/mol.